The maximum absolute atomic E-state index is 11.7. The van der Waals surface area contributed by atoms with Gasteiger partial charge in [-0.25, -0.2) is 9.52 Å². The van der Waals surface area contributed by atoms with Gasteiger partial charge >= 0.3 is 6.03 Å². The second-order valence-electron chi connectivity index (χ2n) is 3.39. The van der Waals surface area contributed by atoms with Gasteiger partial charge in [-0.3, -0.25) is 5.43 Å². The van der Waals surface area contributed by atoms with E-state index in [1.165, 1.54) is 13.1 Å². The summed E-state index contributed by atoms with van der Waals surface area (Å²) in [5.41, 5.74) is 2.76. The van der Waals surface area contributed by atoms with E-state index in [4.69, 9.17) is 0 Å². The number of amides is 2. The Morgan fingerprint density at radius 2 is 1.95 bits per heavy atom. The monoisotopic (exact) mass is 282 g/mol. The zero-order chi connectivity index (χ0) is 14.3. The Hall–Kier alpha value is -2.35. The molecule has 0 unspecified atom stereocenters. The quantitative estimate of drug-likeness (QED) is 0.440. The highest BCUT2D eigenvalue weighted by atomic mass is 32.2. The second-order valence-corrected chi connectivity index (χ2v) is 5.19. The van der Waals surface area contributed by atoms with Gasteiger partial charge in [-0.05, 0) is 19.1 Å². The lowest BCUT2D eigenvalue weighted by atomic mass is 10.3. The van der Waals surface area contributed by atoms with Crippen molar-refractivity contribution < 1.29 is 13.2 Å². The first kappa shape index (κ1) is 14.7. The summed E-state index contributed by atoms with van der Waals surface area (Å²) >= 11 is 0. The molecule has 0 atom stereocenters. The highest BCUT2D eigenvalue weighted by Gasteiger charge is 2.18. The number of urea groups is 1. The Balaban J connectivity index is 2.68. The van der Waals surface area contributed by atoms with Crippen molar-refractivity contribution in [3.8, 4) is 0 Å². The topological polar surface area (TPSA) is 99.7 Å². The number of hydrogen-bond donors (Lipinski definition) is 3. The fourth-order valence-electron chi connectivity index (χ4n) is 1.07. The summed E-state index contributed by atoms with van der Waals surface area (Å²) in [6.45, 7) is 4.56. The normalized spacial score (nSPS) is 11.5. The van der Waals surface area contributed by atoms with Gasteiger partial charge in [-0.15, -0.1) is 0 Å². The van der Waals surface area contributed by atoms with Crippen LogP contribution in [-0.2, 0) is 10.0 Å². The molecule has 2 amide bonds. The van der Waals surface area contributed by atoms with Crippen LogP contribution in [0, 0.1) is 0 Å². The highest BCUT2D eigenvalue weighted by Crippen LogP contribution is 2.04. The number of para-hydroxylation sites is 1. The second kappa shape index (κ2) is 6.55. The molecule has 1 rings (SSSR count). The van der Waals surface area contributed by atoms with Crippen LogP contribution in [0.2, 0.25) is 0 Å². The number of hydrogen-bond acceptors (Lipinski definition) is 5. The molecule has 0 spiro atoms. The summed E-state index contributed by atoms with van der Waals surface area (Å²) < 4.78 is 25.2. The van der Waals surface area contributed by atoms with Gasteiger partial charge in [0.1, 0.15) is 0 Å². The SMILES string of the molecule is C=CN/N=C(\C)S(=O)(=O)NC(=O)Nc1ccccc1. The summed E-state index contributed by atoms with van der Waals surface area (Å²) in [5.74, 6) is 0. The van der Waals surface area contributed by atoms with Crippen molar-refractivity contribution in [3.05, 3.63) is 43.1 Å². The number of hydrazone groups is 1. The molecule has 0 heterocycles. The molecule has 102 valence electrons. The Morgan fingerprint density at radius 3 is 2.53 bits per heavy atom. The van der Waals surface area contributed by atoms with Crippen LogP contribution in [0.1, 0.15) is 6.92 Å². The molecular weight excluding hydrogens is 268 g/mol. The van der Waals surface area contributed by atoms with Gasteiger partial charge in [-0.1, -0.05) is 24.8 Å². The van der Waals surface area contributed by atoms with Gasteiger partial charge in [0.05, 0.1) is 0 Å². The molecule has 3 N–H and O–H groups in total. The Labute approximate surface area is 111 Å². The summed E-state index contributed by atoms with van der Waals surface area (Å²) in [7, 11) is -3.97. The molecule has 0 saturated heterocycles. The third kappa shape index (κ3) is 4.80. The van der Waals surface area contributed by atoms with Crippen molar-refractivity contribution >= 4 is 26.8 Å². The van der Waals surface area contributed by atoms with Gasteiger partial charge in [0.15, 0.2) is 5.04 Å². The molecule has 7 nitrogen and oxygen atoms in total. The van der Waals surface area contributed by atoms with E-state index in [-0.39, 0.29) is 5.04 Å². The van der Waals surface area contributed by atoms with Crippen molar-refractivity contribution in [2.45, 2.75) is 6.92 Å². The summed E-state index contributed by atoms with van der Waals surface area (Å²) in [6.07, 6.45) is 1.21. The molecule has 0 aromatic heterocycles. The first-order valence-corrected chi connectivity index (χ1v) is 6.73. The number of anilines is 1. The van der Waals surface area contributed by atoms with Crippen LogP contribution >= 0.6 is 0 Å². The number of nitrogens with one attached hydrogen (secondary N) is 3. The fourth-order valence-corrected chi connectivity index (χ4v) is 1.69. The molecular formula is C11H14N4O3S. The van der Waals surface area contributed by atoms with E-state index in [1.807, 2.05) is 4.72 Å². The van der Waals surface area contributed by atoms with Crippen LogP contribution < -0.4 is 15.5 Å². The molecule has 0 aliphatic heterocycles. The Bertz CT molecular complexity index is 581. The fraction of sp³-hybridized carbons (Fsp3) is 0.0909. The van der Waals surface area contributed by atoms with Crippen LogP contribution in [0.15, 0.2) is 48.2 Å². The Kier molecular flexibility index (Phi) is 5.07. The lowest BCUT2D eigenvalue weighted by Gasteiger charge is -2.07. The molecule has 1 aromatic rings. The first-order chi connectivity index (χ1) is 8.95. The molecule has 0 bridgehead atoms. The van der Waals surface area contributed by atoms with E-state index in [2.05, 4.69) is 22.4 Å². The van der Waals surface area contributed by atoms with E-state index >= 15 is 0 Å². The third-order valence-corrected chi connectivity index (χ3v) is 3.28. The highest BCUT2D eigenvalue weighted by molar-refractivity contribution is 8.05. The molecule has 8 heteroatoms. The minimum atomic E-state index is -3.97. The number of nitrogens with zero attached hydrogens (tertiary/aromatic N) is 1. The van der Waals surface area contributed by atoms with E-state index < -0.39 is 16.1 Å². The van der Waals surface area contributed by atoms with E-state index in [1.54, 1.807) is 30.3 Å². The largest absolute Gasteiger partial charge is 0.333 e. The van der Waals surface area contributed by atoms with Gasteiger partial charge in [-0.2, -0.15) is 13.5 Å². The van der Waals surface area contributed by atoms with Crippen molar-refractivity contribution in [2.24, 2.45) is 5.10 Å². The van der Waals surface area contributed by atoms with E-state index in [0.717, 1.165) is 0 Å². The van der Waals surface area contributed by atoms with Crippen LogP contribution in [0.25, 0.3) is 0 Å². The predicted molar refractivity (Wildman–Crippen MR) is 74.0 cm³/mol. The molecule has 0 aliphatic rings. The predicted octanol–water partition coefficient (Wildman–Crippen LogP) is 1.20. The van der Waals surface area contributed by atoms with Crippen molar-refractivity contribution in [1.29, 1.82) is 0 Å². The average Bonchev–Trinajstić information content (AvgIpc) is 2.36. The summed E-state index contributed by atoms with van der Waals surface area (Å²) in [5, 5.41) is 5.59. The smallest absolute Gasteiger partial charge is 0.307 e. The van der Waals surface area contributed by atoms with Crippen molar-refractivity contribution in [1.82, 2.24) is 10.1 Å². The van der Waals surface area contributed by atoms with Crippen molar-refractivity contribution in [2.75, 3.05) is 5.32 Å². The van der Waals surface area contributed by atoms with Gasteiger partial charge in [0.2, 0.25) is 0 Å². The molecule has 19 heavy (non-hydrogen) atoms. The molecule has 0 saturated carbocycles. The molecule has 0 fully saturated rings. The van der Waals surface area contributed by atoms with Gasteiger partial charge in [0.25, 0.3) is 10.0 Å². The average molecular weight is 282 g/mol. The maximum Gasteiger partial charge on any atom is 0.333 e. The molecule has 1 aromatic carbocycles. The maximum atomic E-state index is 11.7. The van der Waals surface area contributed by atoms with Crippen LogP contribution in [0.5, 0.6) is 0 Å². The number of benzene rings is 1. The van der Waals surface area contributed by atoms with Gasteiger partial charge in [0, 0.05) is 11.9 Å². The zero-order valence-electron chi connectivity index (χ0n) is 10.3. The zero-order valence-corrected chi connectivity index (χ0v) is 11.1. The number of sulfonamides is 1. The van der Waals surface area contributed by atoms with E-state index in [9.17, 15) is 13.2 Å². The lowest BCUT2D eigenvalue weighted by Crippen LogP contribution is -2.38. The summed E-state index contributed by atoms with van der Waals surface area (Å²) in [4.78, 5) is 11.5. The van der Waals surface area contributed by atoms with Gasteiger partial charge < -0.3 is 5.32 Å². The minimum Gasteiger partial charge on any atom is -0.307 e. The van der Waals surface area contributed by atoms with Crippen molar-refractivity contribution in [3.63, 3.8) is 0 Å². The molecule has 0 aliphatic carbocycles. The number of carbonyl (C=O) groups excluding carboxylic acids is 1. The minimum absolute atomic E-state index is 0.282. The lowest BCUT2D eigenvalue weighted by molar-refractivity contribution is 0.256. The van der Waals surface area contributed by atoms with Crippen LogP contribution in [0.3, 0.4) is 0 Å². The summed E-state index contributed by atoms with van der Waals surface area (Å²) in [6, 6.07) is 7.60. The number of rotatable bonds is 3. The van der Waals surface area contributed by atoms with E-state index in [0.29, 0.717) is 5.69 Å². The van der Waals surface area contributed by atoms with Crippen LogP contribution in [-0.4, -0.2) is 19.5 Å². The molecule has 0 radical (unpaired) electrons. The number of carbonyl (C=O) groups is 1. The standard InChI is InChI=1S/C11H14N4O3S/c1-3-12-14-9(2)19(17,18)15-11(16)13-10-7-5-4-6-8-10/h3-8,12H,1H2,2H3,(H2,13,15,16)/b14-9+. The van der Waals surface area contributed by atoms with Crippen LogP contribution in [0.4, 0.5) is 10.5 Å². The first-order valence-electron chi connectivity index (χ1n) is 5.25. The third-order valence-electron chi connectivity index (χ3n) is 1.96. The Morgan fingerprint density at radius 1 is 1.32 bits per heavy atom.